The number of hydrogen-bond acceptors (Lipinski definition) is 5. The summed E-state index contributed by atoms with van der Waals surface area (Å²) in [5.41, 5.74) is 2.46. The zero-order valence-corrected chi connectivity index (χ0v) is 15.1. The number of unbranched alkanes of at least 4 members (excludes halogenated alkanes) is 1. The fourth-order valence-electron chi connectivity index (χ4n) is 2.68. The molecule has 25 heavy (non-hydrogen) atoms. The van der Waals surface area contributed by atoms with E-state index in [0.717, 1.165) is 48.2 Å². The molecule has 1 aromatic rings. The number of nitrogens with zero attached hydrogens (tertiary/aromatic N) is 2. The molecule has 0 fully saturated rings. The van der Waals surface area contributed by atoms with Crippen molar-refractivity contribution >= 4 is 40.1 Å². The highest BCUT2D eigenvalue weighted by Crippen LogP contribution is 2.31. The fraction of sp³-hybridized carbons (Fsp3) is 0.389. The van der Waals surface area contributed by atoms with E-state index in [1.54, 1.807) is 36.0 Å². The lowest BCUT2D eigenvalue weighted by Gasteiger charge is -2.16. The molecule has 2 aliphatic heterocycles. The van der Waals surface area contributed by atoms with E-state index in [1.165, 1.54) is 0 Å². The normalized spacial score (nSPS) is 15.5. The highest BCUT2D eigenvalue weighted by Gasteiger charge is 2.27. The van der Waals surface area contributed by atoms with Crippen LogP contribution in [0.3, 0.4) is 0 Å². The van der Waals surface area contributed by atoms with Crippen LogP contribution in [-0.4, -0.2) is 35.0 Å². The van der Waals surface area contributed by atoms with Crippen LogP contribution in [0, 0.1) is 0 Å². The minimum atomic E-state index is -0.0558. The lowest BCUT2D eigenvalue weighted by atomic mass is 10.2. The van der Waals surface area contributed by atoms with Gasteiger partial charge in [-0.1, -0.05) is 25.1 Å². The summed E-state index contributed by atoms with van der Waals surface area (Å²) in [6.45, 7) is 3.71. The molecule has 0 radical (unpaired) electrons. The van der Waals surface area contributed by atoms with Crippen LogP contribution >= 0.6 is 11.8 Å². The third-order valence-corrected chi connectivity index (χ3v) is 4.95. The van der Waals surface area contributed by atoms with E-state index in [4.69, 9.17) is 0 Å². The second-order valence-electron chi connectivity index (χ2n) is 6.00. The zero-order valence-electron chi connectivity index (χ0n) is 14.2. The standard InChI is InChI=1S/C18H22N4O2S/c1-2-3-4-16(23)20-13-5-7-14(8-6-13)21-17(24)11-15-12-25-18-19-9-10-22(15)18/h5-8,12H,2-4,9-11H2,1H3,(H,20,23)(H,21,24). The van der Waals surface area contributed by atoms with Gasteiger partial charge in [0.25, 0.3) is 0 Å². The Labute approximate surface area is 151 Å². The molecule has 132 valence electrons. The summed E-state index contributed by atoms with van der Waals surface area (Å²) >= 11 is 1.58. The van der Waals surface area contributed by atoms with Gasteiger partial charge in [-0.2, -0.15) is 0 Å². The van der Waals surface area contributed by atoms with Gasteiger partial charge in [-0.05, 0) is 36.1 Å². The van der Waals surface area contributed by atoms with Gasteiger partial charge in [0, 0.05) is 30.0 Å². The molecule has 2 heterocycles. The summed E-state index contributed by atoms with van der Waals surface area (Å²) in [4.78, 5) is 30.4. The highest BCUT2D eigenvalue weighted by molar-refractivity contribution is 8.16. The minimum absolute atomic E-state index is 0.0207. The third-order valence-electron chi connectivity index (χ3n) is 4.00. The van der Waals surface area contributed by atoms with Gasteiger partial charge in [0.05, 0.1) is 13.0 Å². The lowest BCUT2D eigenvalue weighted by Crippen LogP contribution is -2.24. The van der Waals surface area contributed by atoms with E-state index in [9.17, 15) is 9.59 Å². The quantitative estimate of drug-likeness (QED) is 0.783. The van der Waals surface area contributed by atoms with Crippen LogP contribution in [0.5, 0.6) is 0 Å². The monoisotopic (exact) mass is 358 g/mol. The minimum Gasteiger partial charge on any atom is -0.326 e. The molecule has 2 N–H and O–H groups in total. The Kier molecular flexibility index (Phi) is 5.75. The second-order valence-corrected chi connectivity index (χ2v) is 6.83. The van der Waals surface area contributed by atoms with Crippen LogP contribution in [-0.2, 0) is 9.59 Å². The topological polar surface area (TPSA) is 73.8 Å². The number of carbonyl (C=O) groups excluding carboxylic acids is 2. The van der Waals surface area contributed by atoms with E-state index in [1.807, 2.05) is 5.41 Å². The summed E-state index contributed by atoms with van der Waals surface area (Å²) in [6.07, 6.45) is 2.75. The molecule has 7 heteroatoms. The number of anilines is 2. The van der Waals surface area contributed by atoms with Crippen molar-refractivity contribution in [2.24, 2.45) is 4.99 Å². The van der Waals surface area contributed by atoms with E-state index >= 15 is 0 Å². The highest BCUT2D eigenvalue weighted by atomic mass is 32.2. The van der Waals surface area contributed by atoms with Gasteiger partial charge in [0.15, 0.2) is 5.17 Å². The Morgan fingerprint density at radius 3 is 2.52 bits per heavy atom. The predicted molar refractivity (Wildman–Crippen MR) is 103 cm³/mol. The number of rotatable bonds is 7. The van der Waals surface area contributed by atoms with Gasteiger partial charge in [-0.3, -0.25) is 14.6 Å². The number of nitrogens with one attached hydrogen (secondary N) is 2. The summed E-state index contributed by atoms with van der Waals surface area (Å²) in [6, 6.07) is 7.20. The molecule has 0 aliphatic carbocycles. The molecule has 0 aromatic heterocycles. The number of thioether (sulfide) groups is 1. The largest absolute Gasteiger partial charge is 0.326 e. The first-order valence-corrected chi connectivity index (χ1v) is 9.41. The molecular weight excluding hydrogens is 336 g/mol. The summed E-state index contributed by atoms with van der Waals surface area (Å²) in [5.74, 6) is -0.0351. The van der Waals surface area contributed by atoms with Crippen molar-refractivity contribution in [3.05, 3.63) is 35.4 Å². The predicted octanol–water partition coefficient (Wildman–Crippen LogP) is 3.40. The van der Waals surface area contributed by atoms with Crippen LogP contribution < -0.4 is 10.6 Å². The van der Waals surface area contributed by atoms with Gasteiger partial charge in [0.1, 0.15) is 0 Å². The molecular formula is C18H22N4O2S. The number of carbonyl (C=O) groups is 2. The maximum atomic E-state index is 12.2. The molecule has 2 aliphatic rings. The van der Waals surface area contributed by atoms with Gasteiger partial charge in [0.2, 0.25) is 11.8 Å². The van der Waals surface area contributed by atoms with Crippen LogP contribution in [0.4, 0.5) is 11.4 Å². The van der Waals surface area contributed by atoms with Crippen LogP contribution in [0.2, 0.25) is 0 Å². The average molecular weight is 358 g/mol. The first kappa shape index (κ1) is 17.5. The lowest BCUT2D eigenvalue weighted by molar-refractivity contribution is -0.116. The maximum Gasteiger partial charge on any atom is 0.230 e. The number of amidine groups is 1. The molecule has 0 atom stereocenters. The van der Waals surface area contributed by atoms with Gasteiger partial charge < -0.3 is 15.5 Å². The van der Waals surface area contributed by atoms with E-state index in [2.05, 4.69) is 27.4 Å². The summed E-state index contributed by atoms with van der Waals surface area (Å²) < 4.78 is 0. The summed E-state index contributed by atoms with van der Waals surface area (Å²) in [5, 5.41) is 8.74. The molecule has 0 bridgehead atoms. The number of aliphatic imine (C=N–C) groups is 1. The van der Waals surface area contributed by atoms with Crippen molar-refractivity contribution in [3.8, 4) is 0 Å². The molecule has 0 spiro atoms. The van der Waals surface area contributed by atoms with E-state index in [-0.39, 0.29) is 11.8 Å². The second kappa shape index (κ2) is 8.20. The molecule has 0 unspecified atom stereocenters. The Balaban J connectivity index is 1.49. The van der Waals surface area contributed by atoms with Gasteiger partial charge in [-0.25, -0.2) is 0 Å². The van der Waals surface area contributed by atoms with Gasteiger partial charge >= 0.3 is 0 Å². The van der Waals surface area contributed by atoms with Crippen molar-refractivity contribution in [2.75, 3.05) is 23.7 Å². The molecule has 0 saturated carbocycles. The van der Waals surface area contributed by atoms with Crippen molar-refractivity contribution in [3.63, 3.8) is 0 Å². The Morgan fingerprint density at radius 1 is 1.16 bits per heavy atom. The maximum absolute atomic E-state index is 12.2. The molecule has 2 amide bonds. The Hall–Kier alpha value is -2.28. The van der Waals surface area contributed by atoms with E-state index < -0.39 is 0 Å². The van der Waals surface area contributed by atoms with Crippen molar-refractivity contribution in [2.45, 2.75) is 32.6 Å². The number of hydrogen-bond donors (Lipinski definition) is 2. The summed E-state index contributed by atoms with van der Waals surface area (Å²) in [7, 11) is 0. The van der Waals surface area contributed by atoms with Crippen LogP contribution in [0.15, 0.2) is 40.4 Å². The van der Waals surface area contributed by atoms with Crippen molar-refractivity contribution < 1.29 is 9.59 Å². The molecule has 3 rings (SSSR count). The zero-order chi connectivity index (χ0) is 17.6. The van der Waals surface area contributed by atoms with E-state index in [0.29, 0.717) is 12.8 Å². The number of fused-ring (bicyclic) bond motifs is 1. The van der Waals surface area contributed by atoms with Gasteiger partial charge in [-0.15, -0.1) is 0 Å². The average Bonchev–Trinajstić information content (AvgIpc) is 3.20. The third kappa shape index (κ3) is 4.63. The van der Waals surface area contributed by atoms with Crippen molar-refractivity contribution in [1.82, 2.24) is 4.90 Å². The SMILES string of the molecule is CCCCC(=O)Nc1ccc(NC(=O)CC2=CSC3=NCCN23)cc1. The fourth-order valence-corrected chi connectivity index (χ4v) is 3.64. The molecule has 6 nitrogen and oxygen atoms in total. The number of amides is 2. The Bertz CT molecular complexity index is 712. The van der Waals surface area contributed by atoms with Crippen molar-refractivity contribution in [1.29, 1.82) is 0 Å². The molecule has 1 aromatic carbocycles. The molecule has 0 saturated heterocycles. The number of benzene rings is 1. The first-order valence-electron chi connectivity index (χ1n) is 8.53. The Morgan fingerprint density at radius 2 is 1.84 bits per heavy atom. The first-order chi connectivity index (χ1) is 12.2. The van der Waals surface area contributed by atoms with Crippen LogP contribution in [0.25, 0.3) is 0 Å². The van der Waals surface area contributed by atoms with Crippen LogP contribution in [0.1, 0.15) is 32.6 Å². The smallest absolute Gasteiger partial charge is 0.230 e.